The molecule has 1 aromatic carbocycles. The van der Waals surface area contributed by atoms with Crippen molar-refractivity contribution in [1.29, 1.82) is 0 Å². The van der Waals surface area contributed by atoms with Gasteiger partial charge in [0.05, 0.1) is 0 Å². The molecule has 0 heteroatoms. The van der Waals surface area contributed by atoms with E-state index in [1.807, 2.05) is 6.08 Å². The normalized spacial score (nSPS) is 13.0. The second-order valence-electron chi connectivity index (χ2n) is 4.55. The summed E-state index contributed by atoms with van der Waals surface area (Å²) < 4.78 is 0. The van der Waals surface area contributed by atoms with E-state index in [-0.39, 0.29) is 0 Å². The third-order valence-electron chi connectivity index (χ3n) is 3.22. The van der Waals surface area contributed by atoms with E-state index in [0.717, 1.165) is 12.8 Å². The van der Waals surface area contributed by atoms with Crippen molar-refractivity contribution in [3.8, 4) is 0 Å². The van der Waals surface area contributed by atoms with Gasteiger partial charge >= 0.3 is 0 Å². The summed E-state index contributed by atoms with van der Waals surface area (Å²) in [5.74, 6) is 0. The topological polar surface area (TPSA) is 0 Å². The third kappa shape index (κ3) is 3.33. The van der Waals surface area contributed by atoms with Crippen LogP contribution in [0.15, 0.2) is 72.9 Å². The van der Waals surface area contributed by atoms with E-state index in [4.69, 9.17) is 0 Å². The van der Waals surface area contributed by atoms with Gasteiger partial charge in [-0.1, -0.05) is 60.7 Å². The van der Waals surface area contributed by atoms with Crippen LogP contribution in [0.5, 0.6) is 0 Å². The lowest BCUT2D eigenvalue weighted by Gasteiger charge is -2.10. The monoisotopic (exact) mass is 236 g/mol. The Morgan fingerprint density at radius 1 is 1.00 bits per heavy atom. The Balaban J connectivity index is 2.15. The summed E-state index contributed by atoms with van der Waals surface area (Å²) in [5, 5.41) is 0. The van der Waals surface area contributed by atoms with Crippen LogP contribution >= 0.6 is 0 Å². The molecule has 0 bridgehead atoms. The van der Waals surface area contributed by atoms with Crippen molar-refractivity contribution in [2.24, 2.45) is 0 Å². The van der Waals surface area contributed by atoms with E-state index < -0.39 is 0 Å². The van der Waals surface area contributed by atoms with Gasteiger partial charge in [-0.3, -0.25) is 0 Å². The highest BCUT2D eigenvalue weighted by Crippen LogP contribution is 2.28. The van der Waals surface area contributed by atoms with E-state index in [2.05, 4.69) is 61.2 Å². The van der Waals surface area contributed by atoms with Crippen LogP contribution in [0.25, 0.3) is 5.57 Å². The molecule has 0 amide bonds. The number of hydrogen-bond acceptors (Lipinski definition) is 0. The average molecular weight is 236 g/mol. The Hall–Kier alpha value is -1.82. The van der Waals surface area contributed by atoms with E-state index in [1.165, 1.54) is 29.6 Å². The molecule has 0 aromatic heterocycles. The summed E-state index contributed by atoms with van der Waals surface area (Å²) in [6, 6.07) is 10.7. The van der Waals surface area contributed by atoms with Crippen molar-refractivity contribution in [2.45, 2.75) is 25.7 Å². The minimum Gasteiger partial charge on any atom is -0.103 e. The molecular formula is C18H20. The van der Waals surface area contributed by atoms with Gasteiger partial charge in [0.15, 0.2) is 0 Å². The van der Waals surface area contributed by atoms with Gasteiger partial charge < -0.3 is 0 Å². The van der Waals surface area contributed by atoms with E-state index in [1.54, 1.807) is 0 Å². The fourth-order valence-corrected chi connectivity index (χ4v) is 2.26. The SMILES string of the molecule is C=CCCCCC(=C1C=CC=C1)c1ccccc1. The number of allylic oxidation sites excluding steroid dienone is 7. The molecule has 0 aliphatic heterocycles. The van der Waals surface area contributed by atoms with Gasteiger partial charge in [-0.15, -0.1) is 6.58 Å². The zero-order valence-electron chi connectivity index (χ0n) is 10.8. The maximum absolute atomic E-state index is 3.78. The number of hydrogen-bond donors (Lipinski definition) is 0. The summed E-state index contributed by atoms with van der Waals surface area (Å²) in [5.41, 5.74) is 4.17. The first-order valence-electron chi connectivity index (χ1n) is 6.66. The van der Waals surface area contributed by atoms with Gasteiger partial charge in [0.2, 0.25) is 0 Å². The van der Waals surface area contributed by atoms with Crippen LogP contribution in [-0.4, -0.2) is 0 Å². The standard InChI is InChI=1S/C18H20/c1-2-3-4-8-15-18(17-13-9-10-14-17)16-11-6-5-7-12-16/h2,5-7,9-14H,1,3-4,8,15H2. The smallest absolute Gasteiger partial charge is 0.0219 e. The van der Waals surface area contributed by atoms with E-state index in [9.17, 15) is 0 Å². The predicted octanol–water partition coefficient (Wildman–Crippen LogP) is 5.31. The van der Waals surface area contributed by atoms with Crippen LogP contribution in [0, 0.1) is 0 Å². The first-order chi connectivity index (χ1) is 8.92. The maximum Gasteiger partial charge on any atom is -0.0219 e. The second kappa shape index (κ2) is 6.80. The highest BCUT2D eigenvalue weighted by Gasteiger charge is 2.06. The van der Waals surface area contributed by atoms with Crippen LogP contribution in [0.3, 0.4) is 0 Å². The van der Waals surface area contributed by atoms with E-state index >= 15 is 0 Å². The average Bonchev–Trinajstić information content (AvgIpc) is 2.94. The third-order valence-corrected chi connectivity index (χ3v) is 3.22. The first-order valence-corrected chi connectivity index (χ1v) is 6.66. The van der Waals surface area contributed by atoms with E-state index in [0.29, 0.717) is 0 Å². The molecule has 0 saturated carbocycles. The van der Waals surface area contributed by atoms with Crippen molar-refractivity contribution >= 4 is 5.57 Å². The van der Waals surface area contributed by atoms with Crippen molar-refractivity contribution in [2.75, 3.05) is 0 Å². The van der Waals surface area contributed by atoms with Crippen molar-refractivity contribution in [1.82, 2.24) is 0 Å². The summed E-state index contributed by atoms with van der Waals surface area (Å²) >= 11 is 0. The molecule has 0 fully saturated rings. The fourth-order valence-electron chi connectivity index (χ4n) is 2.26. The fraction of sp³-hybridized carbons (Fsp3) is 0.222. The molecule has 0 nitrogen and oxygen atoms in total. The molecule has 2 rings (SSSR count). The second-order valence-corrected chi connectivity index (χ2v) is 4.55. The molecule has 0 heterocycles. The van der Waals surface area contributed by atoms with Gasteiger partial charge in [0.1, 0.15) is 0 Å². The Labute approximate surface area is 110 Å². The first kappa shape index (κ1) is 12.6. The number of benzene rings is 1. The summed E-state index contributed by atoms with van der Waals surface area (Å²) in [6.07, 6.45) is 15.3. The Kier molecular flexibility index (Phi) is 4.78. The maximum atomic E-state index is 3.78. The van der Waals surface area contributed by atoms with Crippen LogP contribution in [0.4, 0.5) is 0 Å². The van der Waals surface area contributed by atoms with Gasteiger partial charge in [0.25, 0.3) is 0 Å². The largest absolute Gasteiger partial charge is 0.103 e. The molecule has 0 N–H and O–H groups in total. The Bertz CT molecular complexity index is 458. The molecule has 0 unspecified atom stereocenters. The molecule has 0 radical (unpaired) electrons. The highest BCUT2D eigenvalue weighted by atomic mass is 14.1. The lowest BCUT2D eigenvalue weighted by Crippen LogP contribution is -1.89. The molecule has 1 aliphatic rings. The van der Waals surface area contributed by atoms with Crippen molar-refractivity contribution in [3.05, 3.63) is 78.4 Å². The molecule has 1 aromatic rings. The molecular weight excluding hydrogens is 216 g/mol. The molecule has 0 spiro atoms. The minimum atomic E-state index is 1.11. The van der Waals surface area contributed by atoms with Gasteiger partial charge in [-0.25, -0.2) is 0 Å². The zero-order valence-corrected chi connectivity index (χ0v) is 10.8. The van der Waals surface area contributed by atoms with Crippen molar-refractivity contribution in [3.63, 3.8) is 0 Å². The summed E-state index contributed by atoms with van der Waals surface area (Å²) in [7, 11) is 0. The lowest BCUT2D eigenvalue weighted by atomic mass is 9.95. The van der Waals surface area contributed by atoms with Crippen LogP contribution in [-0.2, 0) is 0 Å². The molecule has 0 atom stereocenters. The summed E-state index contributed by atoms with van der Waals surface area (Å²) in [6.45, 7) is 3.78. The molecule has 0 saturated heterocycles. The van der Waals surface area contributed by atoms with Gasteiger partial charge in [0, 0.05) is 0 Å². The minimum absolute atomic E-state index is 1.11. The summed E-state index contributed by atoms with van der Waals surface area (Å²) in [4.78, 5) is 0. The Morgan fingerprint density at radius 3 is 2.39 bits per heavy atom. The predicted molar refractivity (Wildman–Crippen MR) is 80.3 cm³/mol. The quantitative estimate of drug-likeness (QED) is 0.463. The van der Waals surface area contributed by atoms with Crippen LogP contribution in [0.1, 0.15) is 31.2 Å². The molecule has 92 valence electrons. The highest BCUT2D eigenvalue weighted by molar-refractivity contribution is 5.74. The van der Waals surface area contributed by atoms with Crippen LogP contribution in [0.2, 0.25) is 0 Å². The van der Waals surface area contributed by atoms with Gasteiger partial charge in [-0.2, -0.15) is 0 Å². The Morgan fingerprint density at radius 2 is 1.72 bits per heavy atom. The van der Waals surface area contributed by atoms with Crippen LogP contribution < -0.4 is 0 Å². The van der Waals surface area contributed by atoms with Crippen molar-refractivity contribution < 1.29 is 0 Å². The number of unbranched alkanes of at least 4 members (excludes halogenated alkanes) is 2. The van der Waals surface area contributed by atoms with Gasteiger partial charge in [-0.05, 0) is 42.4 Å². The molecule has 1 aliphatic carbocycles. The zero-order chi connectivity index (χ0) is 12.6. The number of rotatable bonds is 6. The lowest BCUT2D eigenvalue weighted by molar-refractivity contribution is 0.769. The molecule has 18 heavy (non-hydrogen) atoms.